The molecule has 0 unspecified atom stereocenters. The van der Waals surface area contributed by atoms with Gasteiger partial charge < -0.3 is 14.6 Å². The van der Waals surface area contributed by atoms with E-state index in [0.29, 0.717) is 30.1 Å². The first-order chi connectivity index (χ1) is 17.6. The monoisotopic (exact) mass is 532 g/mol. The Balaban J connectivity index is 1.77. The van der Waals surface area contributed by atoms with Gasteiger partial charge in [-0.2, -0.15) is 0 Å². The van der Waals surface area contributed by atoms with Gasteiger partial charge in [-0.05, 0) is 92.8 Å². The van der Waals surface area contributed by atoms with Crippen LogP contribution in [-0.2, 0) is 23.9 Å². The van der Waals surface area contributed by atoms with Crippen molar-refractivity contribution in [3.63, 3.8) is 0 Å². The predicted molar refractivity (Wildman–Crippen MR) is 146 cm³/mol. The molecule has 0 amide bonds. The molecule has 0 aromatic rings. The van der Waals surface area contributed by atoms with Crippen LogP contribution in [-0.4, -0.2) is 41.1 Å². The Bertz CT molecular complexity index is 944. The molecule has 6 nitrogen and oxygen atoms in total. The van der Waals surface area contributed by atoms with Crippen molar-refractivity contribution >= 4 is 17.7 Å². The first-order valence-corrected chi connectivity index (χ1v) is 15.2. The molecule has 4 rings (SSSR count). The van der Waals surface area contributed by atoms with Crippen molar-refractivity contribution in [2.75, 3.05) is 0 Å². The van der Waals surface area contributed by atoms with Gasteiger partial charge in [0.15, 0.2) is 0 Å². The topological polar surface area (TPSA) is 89.9 Å². The predicted octanol–water partition coefficient (Wildman–Crippen LogP) is 6.27. The number of carbonyl (C=O) groups excluding carboxylic acids is 3. The lowest BCUT2D eigenvalue weighted by atomic mass is 9.34. The number of aliphatic hydroxyl groups excluding tert-OH is 1. The number of ketones is 1. The first-order valence-electron chi connectivity index (χ1n) is 15.2. The molecular weight excluding hydrogens is 480 g/mol. The van der Waals surface area contributed by atoms with Gasteiger partial charge in [0, 0.05) is 12.3 Å². The maximum Gasteiger partial charge on any atom is 0.308 e. The van der Waals surface area contributed by atoms with Gasteiger partial charge in [0.2, 0.25) is 0 Å². The fourth-order valence-electron chi connectivity index (χ4n) is 10.5. The van der Waals surface area contributed by atoms with Crippen molar-refractivity contribution in [1.82, 2.24) is 0 Å². The molecule has 0 bridgehead atoms. The van der Waals surface area contributed by atoms with E-state index in [-0.39, 0.29) is 46.4 Å². The Morgan fingerprint density at radius 3 is 2.11 bits per heavy atom. The molecule has 4 fully saturated rings. The third kappa shape index (κ3) is 4.75. The van der Waals surface area contributed by atoms with E-state index in [1.165, 1.54) is 39.0 Å². The number of esters is 2. The lowest BCUT2D eigenvalue weighted by Gasteiger charge is -2.71. The van der Waals surface area contributed by atoms with Crippen LogP contribution >= 0.6 is 0 Å². The third-order valence-electron chi connectivity index (χ3n) is 12.4. The van der Waals surface area contributed by atoms with E-state index in [1.54, 1.807) is 13.8 Å². The summed E-state index contributed by atoms with van der Waals surface area (Å²) in [6.45, 7) is 16.7. The molecule has 4 aliphatic rings. The fourth-order valence-corrected chi connectivity index (χ4v) is 10.5. The zero-order chi connectivity index (χ0) is 28.3. The number of aliphatic hydroxyl groups is 1. The third-order valence-corrected chi connectivity index (χ3v) is 12.4. The SMILES string of the molecule is CC[C@@]1(C)CCC[C@]2(C)[C@H]3C[C@H](OC(C)=O)[C@]4(C)C[C@H](C(C)=O)[C@@H](OC(=O)C[C@H](C)O)C[C@H]4[C@]3(C)CC[C@@H]12. The number of rotatable bonds is 6. The Kier molecular flexibility index (Phi) is 7.93. The van der Waals surface area contributed by atoms with Crippen molar-refractivity contribution in [3.8, 4) is 0 Å². The highest BCUT2D eigenvalue weighted by molar-refractivity contribution is 5.80. The maximum atomic E-state index is 12.9. The summed E-state index contributed by atoms with van der Waals surface area (Å²) in [6, 6.07) is 0. The van der Waals surface area contributed by atoms with E-state index >= 15 is 0 Å². The Morgan fingerprint density at radius 2 is 1.53 bits per heavy atom. The summed E-state index contributed by atoms with van der Waals surface area (Å²) in [5.74, 6) is 0.0593. The van der Waals surface area contributed by atoms with E-state index in [9.17, 15) is 19.5 Å². The molecular formula is C32H52O6. The van der Waals surface area contributed by atoms with Crippen LogP contribution in [0.3, 0.4) is 0 Å². The van der Waals surface area contributed by atoms with Gasteiger partial charge in [0.05, 0.1) is 18.4 Å². The Labute approximate surface area is 230 Å². The molecule has 0 aliphatic heterocycles. The Morgan fingerprint density at radius 1 is 0.895 bits per heavy atom. The minimum Gasteiger partial charge on any atom is -0.462 e. The molecule has 6 heteroatoms. The quantitative estimate of drug-likeness (QED) is 0.406. The van der Waals surface area contributed by atoms with E-state index in [1.807, 2.05) is 0 Å². The second-order valence-corrected chi connectivity index (χ2v) is 14.6. The summed E-state index contributed by atoms with van der Waals surface area (Å²) in [6.07, 6.45) is 7.57. The van der Waals surface area contributed by atoms with Gasteiger partial charge in [0.1, 0.15) is 18.0 Å². The molecule has 0 heterocycles. The lowest BCUT2D eigenvalue weighted by molar-refractivity contribution is -0.252. The largest absolute Gasteiger partial charge is 0.462 e. The lowest BCUT2D eigenvalue weighted by Crippen LogP contribution is -2.67. The van der Waals surface area contributed by atoms with Crippen LogP contribution in [0.15, 0.2) is 0 Å². The van der Waals surface area contributed by atoms with Crippen molar-refractivity contribution in [2.45, 2.75) is 138 Å². The molecule has 4 aliphatic carbocycles. The number of Topliss-reactive ketones (excluding diaryl/α,β-unsaturated/α-hetero) is 1. The number of fused-ring (bicyclic) bond motifs is 5. The highest BCUT2D eigenvalue weighted by atomic mass is 16.5. The molecule has 0 saturated heterocycles. The molecule has 1 N–H and O–H groups in total. The second kappa shape index (κ2) is 10.2. The van der Waals surface area contributed by atoms with Crippen LogP contribution in [0.1, 0.15) is 120 Å². The van der Waals surface area contributed by atoms with E-state index in [4.69, 9.17) is 9.47 Å². The van der Waals surface area contributed by atoms with Crippen LogP contribution in [0.2, 0.25) is 0 Å². The summed E-state index contributed by atoms with van der Waals surface area (Å²) in [7, 11) is 0. The average Bonchev–Trinajstić information content (AvgIpc) is 2.80. The van der Waals surface area contributed by atoms with Crippen LogP contribution in [0, 0.1) is 45.3 Å². The van der Waals surface area contributed by atoms with E-state index in [2.05, 4.69) is 34.6 Å². The van der Waals surface area contributed by atoms with Gasteiger partial charge in [-0.25, -0.2) is 0 Å². The van der Waals surface area contributed by atoms with Crippen LogP contribution < -0.4 is 0 Å². The van der Waals surface area contributed by atoms with Crippen molar-refractivity contribution < 1.29 is 29.0 Å². The Hall–Kier alpha value is -1.43. The van der Waals surface area contributed by atoms with Crippen molar-refractivity contribution in [2.24, 2.45) is 45.3 Å². The highest BCUT2D eigenvalue weighted by Crippen LogP contribution is 2.73. The number of hydrogen-bond acceptors (Lipinski definition) is 6. The fraction of sp³-hybridized carbons (Fsp3) is 0.906. The summed E-state index contributed by atoms with van der Waals surface area (Å²) >= 11 is 0. The zero-order valence-corrected chi connectivity index (χ0v) is 25.1. The molecule has 0 spiro atoms. The number of hydrogen-bond donors (Lipinski definition) is 1. The molecule has 38 heavy (non-hydrogen) atoms. The van der Waals surface area contributed by atoms with Gasteiger partial charge in [-0.15, -0.1) is 0 Å². The smallest absolute Gasteiger partial charge is 0.308 e. The van der Waals surface area contributed by atoms with Gasteiger partial charge >= 0.3 is 11.9 Å². The zero-order valence-electron chi connectivity index (χ0n) is 25.1. The first kappa shape index (κ1) is 29.6. The molecule has 216 valence electrons. The van der Waals surface area contributed by atoms with Crippen LogP contribution in [0.5, 0.6) is 0 Å². The summed E-state index contributed by atoms with van der Waals surface area (Å²) in [4.78, 5) is 38.0. The minimum absolute atomic E-state index is 0.000667. The van der Waals surface area contributed by atoms with Gasteiger partial charge in [-0.3, -0.25) is 14.4 Å². The molecule has 4 saturated carbocycles. The second-order valence-electron chi connectivity index (χ2n) is 14.6. The van der Waals surface area contributed by atoms with Crippen molar-refractivity contribution in [3.05, 3.63) is 0 Å². The maximum absolute atomic E-state index is 12.9. The number of carbonyl (C=O) groups is 3. The summed E-state index contributed by atoms with van der Waals surface area (Å²) in [5, 5.41) is 9.75. The van der Waals surface area contributed by atoms with Gasteiger partial charge in [0.25, 0.3) is 0 Å². The van der Waals surface area contributed by atoms with E-state index in [0.717, 1.165) is 12.8 Å². The summed E-state index contributed by atoms with van der Waals surface area (Å²) in [5.41, 5.74) is 0.120. The normalized spacial score (nSPS) is 47.1. The van der Waals surface area contributed by atoms with E-state index < -0.39 is 24.1 Å². The minimum atomic E-state index is -0.786. The van der Waals surface area contributed by atoms with Crippen LogP contribution in [0.4, 0.5) is 0 Å². The van der Waals surface area contributed by atoms with Gasteiger partial charge in [-0.1, -0.05) is 47.5 Å². The molecule has 0 radical (unpaired) electrons. The molecule has 11 atom stereocenters. The van der Waals surface area contributed by atoms with Crippen molar-refractivity contribution in [1.29, 1.82) is 0 Å². The highest BCUT2D eigenvalue weighted by Gasteiger charge is 2.69. The average molecular weight is 533 g/mol. The van der Waals surface area contributed by atoms with Crippen LogP contribution in [0.25, 0.3) is 0 Å². The molecule has 0 aromatic heterocycles. The summed E-state index contributed by atoms with van der Waals surface area (Å²) < 4.78 is 12.1. The standard InChI is InChI=1S/C32H52O6/c1-9-29(5)12-10-13-30(6)24(29)11-14-31(7)25-16-23(38-28(36)15-19(2)33)22(20(3)34)18-32(25,8)27(17-26(30)31)37-21(4)35/h19,22-27,33H,9-18H2,1-8H3/t19-,22+,23-,24-,25-,26+,27-,29-,30-,31-,32+/m0/s1. The number of ether oxygens (including phenoxy) is 2. The molecule has 0 aromatic carbocycles.